The topological polar surface area (TPSA) is 64.8 Å². The second kappa shape index (κ2) is 5.96. The fourth-order valence-electron chi connectivity index (χ4n) is 2.69. The van der Waals surface area contributed by atoms with E-state index < -0.39 is 16.8 Å². The maximum Gasteiger partial charge on any atom is 0.340 e. The van der Waals surface area contributed by atoms with Crippen molar-refractivity contribution in [1.82, 2.24) is 4.40 Å². The first kappa shape index (κ1) is 15.4. The second-order valence-electron chi connectivity index (χ2n) is 5.20. The third-order valence-electron chi connectivity index (χ3n) is 3.68. The Morgan fingerprint density at radius 1 is 1.13 bits per heavy atom. The highest BCUT2D eigenvalue weighted by Gasteiger charge is 2.19. The quantitative estimate of drug-likeness (QED) is 0.545. The second-order valence-corrected chi connectivity index (χ2v) is 6.63. The van der Waals surface area contributed by atoms with E-state index in [-0.39, 0.29) is 11.5 Å². The van der Waals surface area contributed by atoms with Gasteiger partial charge in [0, 0.05) is 34.2 Å². The van der Waals surface area contributed by atoms with Gasteiger partial charge in [-0.2, -0.15) is 0 Å². The summed E-state index contributed by atoms with van der Waals surface area (Å²) in [5, 5.41) is 0.767. The Balaban J connectivity index is 2.27. The highest BCUT2D eigenvalue weighted by Crippen LogP contribution is 2.27. The van der Waals surface area contributed by atoms with Crippen LogP contribution < -0.4 is 0 Å². The van der Waals surface area contributed by atoms with Gasteiger partial charge >= 0.3 is 5.97 Å². The molecule has 0 aliphatic carbocycles. The summed E-state index contributed by atoms with van der Waals surface area (Å²) in [6, 6.07) is 10.8. The standard InChI is InChI=1S/C17H15NO4S/c1-22-17(20)16-12-5-3-4-6-13(12)18-9-11(7-8-14(16)18)15(19)10-23(2)21/h3-9H,10H2,1-2H3. The molecule has 1 atom stereocenters. The number of rotatable bonds is 4. The van der Waals surface area contributed by atoms with Crippen LogP contribution in [-0.4, -0.2) is 39.5 Å². The van der Waals surface area contributed by atoms with Gasteiger partial charge in [0.05, 0.1) is 29.5 Å². The van der Waals surface area contributed by atoms with E-state index in [0.29, 0.717) is 16.6 Å². The lowest BCUT2D eigenvalue weighted by Gasteiger charge is -2.03. The molecule has 0 bridgehead atoms. The van der Waals surface area contributed by atoms with Gasteiger partial charge in [-0.1, -0.05) is 18.2 Å². The summed E-state index contributed by atoms with van der Waals surface area (Å²) >= 11 is 0. The lowest BCUT2D eigenvalue weighted by molar-refractivity contribution is 0.0605. The van der Waals surface area contributed by atoms with Gasteiger partial charge in [-0.3, -0.25) is 9.00 Å². The molecule has 23 heavy (non-hydrogen) atoms. The lowest BCUT2D eigenvalue weighted by atomic mass is 10.1. The minimum Gasteiger partial charge on any atom is -0.465 e. The first-order valence-electron chi connectivity index (χ1n) is 6.97. The van der Waals surface area contributed by atoms with Crippen molar-refractivity contribution in [1.29, 1.82) is 0 Å². The van der Waals surface area contributed by atoms with Gasteiger partial charge in [0.1, 0.15) is 0 Å². The largest absolute Gasteiger partial charge is 0.465 e. The van der Waals surface area contributed by atoms with Crippen LogP contribution in [0.2, 0.25) is 0 Å². The number of ketones is 1. The maximum atomic E-state index is 12.1. The Morgan fingerprint density at radius 2 is 1.87 bits per heavy atom. The fourth-order valence-corrected chi connectivity index (χ4v) is 3.22. The van der Waals surface area contributed by atoms with Crippen LogP contribution >= 0.6 is 0 Å². The number of ether oxygens (including phenoxy) is 1. The van der Waals surface area contributed by atoms with E-state index in [1.165, 1.54) is 13.4 Å². The molecule has 0 saturated heterocycles. The average molecular weight is 329 g/mol. The minimum absolute atomic E-state index is 0.0193. The number of para-hydroxylation sites is 1. The van der Waals surface area contributed by atoms with Gasteiger partial charge in [-0.15, -0.1) is 0 Å². The van der Waals surface area contributed by atoms with Crippen LogP contribution in [0.4, 0.5) is 0 Å². The predicted molar refractivity (Wildman–Crippen MR) is 89.5 cm³/mol. The summed E-state index contributed by atoms with van der Waals surface area (Å²) in [6.07, 6.45) is 3.18. The van der Waals surface area contributed by atoms with Crippen LogP contribution in [0.15, 0.2) is 42.6 Å². The van der Waals surface area contributed by atoms with Crippen LogP contribution in [0.3, 0.4) is 0 Å². The molecule has 0 saturated carbocycles. The number of carbonyl (C=O) groups excluding carboxylic acids is 2. The van der Waals surface area contributed by atoms with E-state index in [2.05, 4.69) is 0 Å². The Kier molecular flexibility index (Phi) is 4.00. The Morgan fingerprint density at radius 3 is 2.57 bits per heavy atom. The van der Waals surface area contributed by atoms with E-state index >= 15 is 0 Å². The molecule has 0 amide bonds. The molecule has 6 heteroatoms. The molecular formula is C17H15NO4S. The van der Waals surface area contributed by atoms with Crippen LogP contribution in [0, 0.1) is 0 Å². The number of esters is 1. The van der Waals surface area contributed by atoms with E-state index in [1.54, 1.807) is 22.7 Å². The Bertz CT molecular complexity index is 958. The van der Waals surface area contributed by atoms with Crippen molar-refractivity contribution in [3.63, 3.8) is 0 Å². The molecule has 5 nitrogen and oxygen atoms in total. The number of pyridine rings is 1. The lowest BCUT2D eigenvalue weighted by Crippen LogP contribution is -2.10. The summed E-state index contributed by atoms with van der Waals surface area (Å²) in [5.41, 5.74) is 2.42. The number of nitrogens with zero attached hydrogens (tertiary/aromatic N) is 1. The monoisotopic (exact) mass is 329 g/mol. The predicted octanol–water partition coefficient (Wildman–Crippen LogP) is 2.44. The molecule has 0 aliphatic rings. The average Bonchev–Trinajstić information content (AvgIpc) is 2.87. The number of carbonyl (C=O) groups is 2. The SMILES string of the molecule is COC(=O)c1c2ccccc2n2cc(C(=O)CS(C)=O)ccc12. The summed E-state index contributed by atoms with van der Waals surface area (Å²) in [6.45, 7) is 0. The number of benzene rings is 1. The highest BCUT2D eigenvalue weighted by atomic mass is 32.2. The summed E-state index contributed by atoms with van der Waals surface area (Å²) in [7, 11) is 0.149. The molecule has 0 radical (unpaired) electrons. The van der Waals surface area contributed by atoms with Crippen molar-refractivity contribution in [2.75, 3.05) is 19.1 Å². The molecule has 0 aliphatic heterocycles. The molecule has 3 rings (SSSR count). The van der Waals surface area contributed by atoms with Crippen molar-refractivity contribution in [2.45, 2.75) is 0 Å². The molecule has 0 fully saturated rings. The zero-order chi connectivity index (χ0) is 16.6. The number of hydrogen-bond donors (Lipinski definition) is 0. The Hall–Kier alpha value is -2.47. The van der Waals surface area contributed by atoms with Gasteiger partial charge in [0.15, 0.2) is 5.78 Å². The van der Waals surface area contributed by atoms with Crippen molar-refractivity contribution in [2.24, 2.45) is 0 Å². The summed E-state index contributed by atoms with van der Waals surface area (Å²) in [5.74, 6) is -0.628. The molecule has 2 heterocycles. The molecule has 2 aromatic heterocycles. The van der Waals surface area contributed by atoms with Crippen molar-refractivity contribution < 1.29 is 18.5 Å². The van der Waals surface area contributed by atoms with Crippen molar-refractivity contribution in [3.05, 3.63) is 53.7 Å². The van der Waals surface area contributed by atoms with E-state index in [0.717, 1.165) is 10.9 Å². The van der Waals surface area contributed by atoms with Gasteiger partial charge < -0.3 is 9.14 Å². The molecule has 0 N–H and O–H groups in total. The first-order valence-corrected chi connectivity index (χ1v) is 8.70. The molecule has 0 spiro atoms. The van der Waals surface area contributed by atoms with Gasteiger partial charge in [0.25, 0.3) is 0 Å². The van der Waals surface area contributed by atoms with E-state index in [1.807, 2.05) is 24.3 Å². The third kappa shape index (κ3) is 2.66. The molecular weight excluding hydrogens is 314 g/mol. The summed E-state index contributed by atoms with van der Waals surface area (Å²) < 4.78 is 17.9. The number of Topliss-reactive ketones (excluding diaryl/α,β-unsaturated/α-hetero) is 1. The molecule has 1 unspecified atom stereocenters. The van der Waals surface area contributed by atoms with Crippen LogP contribution in [0.1, 0.15) is 20.7 Å². The van der Waals surface area contributed by atoms with Crippen molar-refractivity contribution in [3.8, 4) is 0 Å². The fraction of sp³-hybridized carbons (Fsp3) is 0.176. The van der Waals surface area contributed by atoms with Gasteiger partial charge in [0.2, 0.25) is 0 Å². The molecule has 118 valence electrons. The summed E-state index contributed by atoms with van der Waals surface area (Å²) in [4.78, 5) is 24.3. The molecule has 1 aromatic carbocycles. The zero-order valence-corrected chi connectivity index (χ0v) is 13.6. The normalized spacial score (nSPS) is 12.4. The third-order valence-corrected chi connectivity index (χ3v) is 4.35. The van der Waals surface area contributed by atoms with Crippen LogP contribution in [0.25, 0.3) is 16.4 Å². The van der Waals surface area contributed by atoms with E-state index in [4.69, 9.17) is 4.74 Å². The Labute approximate surface area is 135 Å². The number of methoxy groups -OCH3 is 1. The first-order chi connectivity index (χ1) is 11.0. The molecule has 3 aromatic rings. The number of hydrogen-bond acceptors (Lipinski definition) is 4. The van der Waals surface area contributed by atoms with Gasteiger partial charge in [-0.25, -0.2) is 4.79 Å². The smallest absolute Gasteiger partial charge is 0.340 e. The highest BCUT2D eigenvalue weighted by molar-refractivity contribution is 7.85. The maximum absolute atomic E-state index is 12.1. The minimum atomic E-state index is -1.19. The number of fused-ring (bicyclic) bond motifs is 3. The zero-order valence-electron chi connectivity index (χ0n) is 12.7. The van der Waals surface area contributed by atoms with E-state index in [9.17, 15) is 13.8 Å². The van der Waals surface area contributed by atoms with Crippen LogP contribution in [0.5, 0.6) is 0 Å². The van der Waals surface area contributed by atoms with Crippen LogP contribution in [-0.2, 0) is 15.5 Å². The number of aromatic nitrogens is 1. The van der Waals surface area contributed by atoms with Crippen molar-refractivity contribution >= 4 is 39.0 Å². The van der Waals surface area contributed by atoms with Gasteiger partial charge in [-0.05, 0) is 18.2 Å².